The molecule has 0 aromatic carbocycles. The number of carboxylic acids is 1. The van der Waals surface area contributed by atoms with Crippen LogP contribution in [-0.4, -0.2) is 46.7 Å². The number of piperidine rings is 1. The fourth-order valence-electron chi connectivity index (χ4n) is 3.63. The summed E-state index contributed by atoms with van der Waals surface area (Å²) < 4.78 is 0. The van der Waals surface area contributed by atoms with Crippen LogP contribution < -0.4 is 5.32 Å². The third-order valence-corrected chi connectivity index (χ3v) is 5.42. The molecule has 0 radical (unpaired) electrons. The van der Waals surface area contributed by atoms with Crippen LogP contribution in [0.5, 0.6) is 0 Å². The number of likely N-dealkylation sites (tertiary alicyclic amines) is 1. The molecule has 21 heavy (non-hydrogen) atoms. The zero-order valence-electron chi connectivity index (χ0n) is 14.1. The Balaban J connectivity index is 1.87. The molecule has 0 spiro atoms. The molecule has 0 aromatic heterocycles. The smallest absolute Gasteiger partial charge is 0.323 e. The van der Waals surface area contributed by atoms with Crippen molar-refractivity contribution in [2.24, 2.45) is 11.8 Å². The van der Waals surface area contributed by atoms with Gasteiger partial charge in [0.2, 0.25) is 0 Å². The molecule has 1 saturated heterocycles. The molecule has 2 unspecified atom stereocenters. The van der Waals surface area contributed by atoms with Crippen LogP contribution in [0.2, 0.25) is 0 Å². The molecule has 2 fully saturated rings. The van der Waals surface area contributed by atoms with Crippen molar-refractivity contribution in [1.82, 2.24) is 10.2 Å². The van der Waals surface area contributed by atoms with Crippen LogP contribution in [0.1, 0.15) is 59.8 Å². The summed E-state index contributed by atoms with van der Waals surface area (Å²) in [5, 5.41) is 12.9. The third kappa shape index (κ3) is 4.43. The van der Waals surface area contributed by atoms with Crippen molar-refractivity contribution in [1.29, 1.82) is 0 Å². The van der Waals surface area contributed by atoms with E-state index in [0.29, 0.717) is 18.5 Å². The predicted octanol–water partition coefficient (Wildman–Crippen LogP) is 2.73. The number of carbonyl (C=O) groups is 1. The number of nitrogens with zero attached hydrogens (tertiary/aromatic N) is 1. The largest absolute Gasteiger partial charge is 0.480 e. The molecular weight excluding hydrogens is 264 g/mol. The second-order valence-corrected chi connectivity index (χ2v) is 7.73. The van der Waals surface area contributed by atoms with Gasteiger partial charge in [-0.25, -0.2) is 0 Å². The first-order chi connectivity index (χ1) is 9.82. The molecule has 1 aliphatic carbocycles. The number of aliphatic carboxylic acids is 1. The van der Waals surface area contributed by atoms with E-state index in [9.17, 15) is 9.90 Å². The summed E-state index contributed by atoms with van der Waals surface area (Å²) in [6.45, 7) is 10.9. The maximum atomic E-state index is 11.7. The molecule has 2 atom stereocenters. The highest BCUT2D eigenvalue weighted by Gasteiger charge is 2.40. The number of hydrogen-bond donors (Lipinski definition) is 2. The van der Waals surface area contributed by atoms with Gasteiger partial charge in [0, 0.05) is 12.1 Å². The van der Waals surface area contributed by atoms with Crippen molar-refractivity contribution in [3.8, 4) is 0 Å². The number of carboxylic acid groups (broad SMARTS) is 1. The monoisotopic (exact) mass is 296 g/mol. The lowest BCUT2D eigenvalue weighted by Gasteiger charge is -2.40. The van der Waals surface area contributed by atoms with Gasteiger partial charge in [0.1, 0.15) is 5.54 Å². The van der Waals surface area contributed by atoms with Gasteiger partial charge in [-0.15, -0.1) is 0 Å². The number of nitrogens with one attached hydrogen (secondary N) is 1. The van der Waals surface area contributed by atoms with E-state index in [4.69, 9.17) is 0 Å². The molecular formula is C17H32N2O2. The summed E-state index contributed by atoms with van der Waals surface area (Å²) in [7, 11) is 0. The minimum absolute atomic E-state index is 0.325. The second kappa shape index (κ2) is 6.66. The average molecular weight is 296 g/mol. The molecule has 2 rings (SSSR count). The van der Waals surface area contributed by atoms with Gasteiger partial charge in [-0.05, 0) is 70.9 Å². The fourth-order valence-corrected chi connectivity index (χ4v) is 3.63. The molecule has 122 valence electrons. The van der Waals surface area contributed by atoms with E-state index in [1.807, 2.05) is 6.92 Å². The van der Waals surface area contributed by atoms with Crippen LogP contribution in [0.25, 0.3) is 0 Å². The normalized spacial score (nSPS) is 25.8. The molecule has 0 aromatic rings. The minimum Gasteiger partial charge on any atom is -0.480 e. The maximum absolute atomic E-state index is 11.7. The van der Waals surface area contributed by atoms with E-state index in [1.165, 1.54) is 12.8 Å². The summed E-state index contributed by atoms with van der Waals surface area (Å²) in [4.78, 5) is 14.1. The van der Waals surface area contributed by atoms with Crippen molar-refractivity contribution < 1.29 is 9.90 Å². The summed E-state index contributed by atoms with van der Waals surface area (Å²) in [6.07, 6.45) is 5.43. The fraction of sp³-hybridized carbons (Fsp3) is 0.941. The van der Waals surface area contributed by atoms with E-state index in [-0.39, 0.29) is 0 Å². The number of rotatable bonds is 7. The Morgan fingerprint density at radius 1 is 1.24 bits per heavy atom. The average Bonchev–Trinajstić information content (AvgIpc) is 3.22. The Labute approximate surface area is 129 Å². The van der Waals surface area contributed by atoms with E-state index in [0.717, 1.165) is 37.8 Å². The van der Waals surface area contributed by atoms with Gasteiger partial charge >= 0.3 is 5.97 Å². The lowest BCUT2D eigenvalue weighted by Crippen LogP contribution is -2.55. The molecule has 0 bridgehead atoms. The maximum Gasteiger partial charge on any atom is 0.323 e. The van der Waals surface area contributed by atoms with E-state index < -0.39 is 11.5 Å². The van der Waals surface area contributed by atoms with Crippen LogP contribution in [0.4, 0.5) is 0 Å². The van der Waals surface area contributed by atoms with E-state index >= 15 is 0 Å². The lowest BCUT2D eigenvalue weighted by atomic mass is 9.85. The van der Waals surface area contributed by atoms with Crippen LogP contribution in [-0.2, 0) is 4.79 Å². The molecule has 4 nitrogen and oxygen atoms in total. The minimum atomic E-state index is -0.782. The second-order valence-electron chi connectivity index (χ2n) is 7.73. The molecule has 4 heteroatoms. The number of hydrogen-bond acceptors (Lipinski definition) is 3. The Hall–Kier alpha value is -0.610. The SMILES string of the molecule is CC(C)C1CCN(C(C)CC(C)(NC2CC2)C(=O)O)CC1. The van der Waals surface area contributed by atoms with Gasteiger partial charge in [-0.2, -0.15) is 0 Å². The molecule has 2 aliphatic rings. The Morgan fingerprint density at radius 3 is 2.24 bits per heavy atom. The zero-order chi connectivity index (χ0) is 15.6. The van der Waals surface area contributed by atoms with Gasteiger partial charge in [0.15, 0.2) is 0 Å². The molecule has 1 heterocycles. The topological polar surface area (TPSA) is 52.6 Å². The first-order valence-electron chi connectivity index (χ1n) is 8.57. The van der Waals surface area contributed by atoms with Crippen LogP contribution >= 0.6 is 0 Å². The van der Waals surface area contributed by atoms with Gasteiger partial charge in [0.25, 0.3) is 0 Å². The molecule has 2 N–H and O–H groups in total. The quantitative estimate of drug-likeness (QED) is 0.758. The van der Waals surface area contributed by atoms with Crippen molar-refractivity contribution in [3.63, 3.8) is 0 Å². The van der Waals surface area contributed by atoms with Crippen molar-refractivity contribution in [2.45, 2.75) is 77.4 Å². The van der Waals surface area contributed by atoms with Crippen LogP contribution in [0, 0.1) is 11.8 Å². The molecule has 1 aliphatic heterocycles. The predicted molar refractivity (Wildman–Crippen MR) is 85.4 cm³/mol. The van der Waals surface area contributed by atoms with Gasteiger partial charge in [-0.1, -0.05) is 13.8 Å². The first-order valence-corrected chi connectivity index (χ1v) is 8.57. The van der Waals surface area contributed by atoms with Crippen molar-refractivity contribution in [3.05, 3.63) is 0 Å². The highest BCUT2D eigenvalue weighted by molar-refractivity contribution is 5.78. The Bertz CT molecular complexity index is 360. The standard InChI is InChI=1S/C17H32N2O2/c1-12(2)14-7-9-19(10-8-14)13(3)11-17(4,16(20)21)18-15-5-6-15/h12-15,18H,5-11H2,1-4H3,(H,20,21). The zero-order valence-corrected chi connectivity index (χ0v) is 14.1. The van der Waals surface area contributed by atoms with Gasteiger partial charge in [-0.3, -0.25) is 10.1 Å². The van der Waals surface area contributed by atoms with Gasteiger partial charge < -0.3 is 10.0 Å². The highest BCUT2D eigenvalue weighted by atomic mass is 16.4. The van der Waals surface area contributed by atoms with E-state index in [1.54, 1.807) is 0 Å². The summed E-state index contributed by atoms with van der Waals surface area (Å²) in [5.74, 6) is 0.894. The Morgan fingerprint density at radius 2 is 1.81 bits per heavy atom. The van der Waals surface area contributed by atoms with E-state index in [2.05, 4.69) is 31.0 Å². The summed E-state index contributed by atoms with van der Waals surface area (Å²) in [6, 6.07) is 0.746. The van der Waals surface area contributed by atoms with Gasteiger partial charge in [0.05, 0.1) is 0 Å². The Kier molecular flexibility index (Phi) is 5.31. The summed E-state index contributed by atoms with van der Waals surface area (Å²) in [5.41, 5.74) is -0.782. The first kappa shape index (κ1) is 16.8. The van der Waals surface area contributed by atoms with Crippen molar-refractivity contribution >= 4 is 5.97 Å². The molecule has 0 amide bonds. The van der Waals surface area contributed by atoms with Crippen LogP contribution in [0.15, 0.2) is 0 Å². The molecule has 1 saturated carbocycles. The van der Waals surface area contributed by atoms with Crippen molar-refractivity contribution in [2.75, 3.05) is 13.1 Å². The highest BCUT2D eigenvalue weighted by Crippen LogP contribution is 2.29. The summed E-state index contributed by atoms with van der Waals surface area (Å²) >= 11 is 0. The third-order valence-electron chi connectivity index (χ3n) is 5.42. The lowest BCUT2D eigenvalue weighted by molar-refractivity contribution is -0.145. The van der Waals surface area contributed by atoms with Crippen LogP contribution in [0.3, 0.4) is 0 Å².